The van der Waals surface area contributed by atoms with E-state index in [-0.39, 0.29) is 0 Å². The molecule has 0 aromatic carbocycles. The van der Waals surface area contributed by atoms with Gasteiger partial charge in [0.15, 0.2) is 0 Å². The molecule has 0 N–H and O–H groups in total. The lowest BCUT2D eigenvalue weighted by atomic mass is 10.1. The number of hydrogen-bond donors (Lipinski definition) is 0. The maximum Gasteiger partial charge on any atom is 0.0675 e. The molecule has 0 aromatic rings. The molecule has 0 bridgehead atoms. The third-order valence-electron chi connectivity index (χ3n) is 3.08. The average molecular weight is 240 g/mol. The van der Waals surface area contributed by atoms with Gasteiger partial charge in [-0.05, 0) is 20.3 Å². The van der Waals surface area contributed by atoms with Gasteiger partial charge in [0, 0.05) is 0 Å². The van der Waals surface area contributed by atoms with E-state index in [1.54, 1.807) is 0 Å². The normalized spacial score (nSPS) is 12.6. The molecule has 0 saturated heterocycles. The molecular formula is C16H32O. The largest absolute Gasteiger partial charge is 0.374 e. The Hall–Kier alpha value is -0.300. The van der Waals surface area contributed by atoms with E-state index >= 15 is 0 Å². The number of hydrogen-bond acceptors (Lipinski definition) is 1. The molecule has 0 aliphatic carbocycles. The summed E-state index contributed by atoms with van der Waals surface area (Å²) >= 11 is 0. The van der Waals surface area contributed by atoms with Crippen LogP contribution in [0.25, 0.3) is 0 Å². The van der Waals surface area contributed by atoms with Gasteiger partial charge in [-0.2, -0.15) is 0 Å². The minimum Gasteiger partial charge on any atom is -0.374 e. The lowest BCUT2D eigenvalue weighted by molar-refractivity contribution is 0.0753. The Balaban J connectivity index is 3.13. The fraction of sp³-hybridized carbons (Fsp3) is 0.875. The van der Waals surface area contributed by atoms with Crippen LogP contribution in [0.15, 0.2) is 12.2 Å². The van der Waals surface area contributed by atoms with Crippen molar-refractivity contribution in [2.24, 2.45) is 0 Å². The van der Waals surface area contributed by atoms with Gasteiger partial charge in [0.1, 0.15) is 0 Å². The van der Waals surface area contributed by atoms with Gasteiger partial charge in [-0.3, -0.25) is 0 Å². The van der Waals surface area contributed by atoms with Crippen LogP contribution in [0, 0.1) is 0 Å². The zero-order valence-electron chi connectivity index (χ0n) is 12.3. The summed E-state index contributed by atoms with van der Waals surface area (Å²) in [7, 11) is 0. The van der Waals surface area contributed by atoms with Crippen molar-refractivity contribution in [1.29, 1.82) is 0 Å². The van der Waals surface area contributed by atoms with Crippen LogP contribution < -0.4 is 0 Å². The first-order valence-corrected chi connectivity index (χ1v) is 7.42. The Morgan fingerprint density at radius 2 is 1.53 bits per heavy atom. The first-order chi connectivity index (χ1) is 8.16. The second-order valence-electron chi connectivity index (χ2n) is 5.34. The third kappa shape index (κ3) is 13.6. The van der Waals surface area contributed by atoms with Crippen molar-refractivity contribution in [2.75, 3.05) is 6.61 Å². The Morgan fingerprint density at radius 3 is 2.06 bits per heavy atom. The molecule has 0 radical (unpaired) electrons. The van der Waals surface area contributed by atoms with Gasteiger partial charge in [-0.15, -0.1) is 0 Å². The quantitative estimate of drug-likeness (QED) is 0.323. The first kappa shape index (κ1) is 16.7. The molecule has 0 spiro atoms. The fourth-order valence-electron chi connectivity index (χ4n) is 1.93. The monoisotopic (exact) mass is 240 g/mol. The van der Waals surface area contributed by atoms with Gasteiger partial charge < -0.3 is 4.74 Å². The molecule has 0 amide bonds. The van der Waals surface area contributed by atoms with Crippen LogP contribution in [-0.4, -0.2) is 12.7 Å². The summed E-state index contributed by atoms with van der Waals surface area (Å²) in [5.74, 6) is 0. The zero-order chi connectivity index (χ0) is 12.9. The van der Waals surface area contributed by atoms with Crippen molar-refractivity contribution < 1.29 is 4.74 Å². The Bertz CT molecular complexity index is 174. The predicted molar refractivity (Wildman–Crippen MR) is 77.5 cm³/mol. The predicted octanol–water partition coefficient (Wildman–Crippen LogP) is 5.50. The van der Waals surface area contributed by atoms with E-state index in [0.717, 1.165) is 12.2 Å². The summed E-state index contributed by atoms with van der Waals surface area (Å²) in [6.45, 7) is 11.0. The molecule has 1 unspecified atom stereocenters. The lowest BCUT2D eigenvalue weighted by Crippen LogP contribution is -2.09. The first-order valence-electron chi connectivity index (χ1n) is 7.42. The molecule has 102 valence electrons. The van der Waals surface area contributed by atoms with Crippen LogP contribution in [0.1, 0.15) is 78.6 Å². The Morgan fingerprint density at radius 1 is 1.00 bits per heavy atom. The molecule has 1 nitrogen and oxygen atoms in total. The highest BCUT2D eigenvalue weighted by Crippen LogP contribution is 2.11. The van der Waals surface area contributed by atoms with Gasteiger partial charge >= 0.3 is 0 Å². The summed E-state index contributed by atoms with van der Waals surface area (Å²) in [5, 5.41) is 0. The van der Waals surface area contributed by atoms with Gasteiger partial charge in [-0.1, -0.05) is 70.4 Å². The summed E-state index contributed by atoms with van der Waals surface area (Å²) < 4.78 is 5.66. The smallest absolute Gasteiger partial charge is 0.0675 e. The summed E-state index contributed by atoms with van der Waals surface area (Å²) in [6, 6.07) is 0. The van der Waals surface area contributed by atoms with Crippen LogP contribution >= 0.6 is 0 Å². The van der Waals surface area contributed by atoms with Crippen molar-refractivity contribution >= 4 is 0 Å². The topological polar surface area (TPSA) is 9.23 Å². The maximum absolute atomic E-state index is 5.66. The number of unbranched alkanes of at least 4 members (excludes halogenated alkanes) is 7. The van der Waals surface area contributed by atoms with Crippen LogP contribution in [-0.2, 0) is 4.74 Å². The van der Waals surface area contributed by atoms with E-state index in [1.165, 1.54) is 57.8 Å². The summed E-state index contributed by atoms with van der Waals surface area (Å²) in [5.41, 5.74) is 1.12. The van der Waals surface area contributed by atoms with E-state index in [2.05, 4.69) is 20.4 Å². The minimum absolute atomic E-state index is 0.395. The Labute approximate surface area is 109 Å². The van der Waals surface area contributed by atoms with Crippen LogP contribution in [0.2, 0.25) is 0 Å². The van der Waals surface area contributed by atoms with Crippen molar-refractivity contribution in [1.82, 2.24) is 0 Å². The minimum atomic E-state index is 0.395. The van der Waals surface area contributed by atoms with Crippen molar-refractivity contribution in [3.63, 3.8) is 0 Å². The van der Waals surface area contributed by atoms with E-state index in [4.69, 9.17) is 4.74 Å². The molecule has 1 heteroatoms. The van der Waals surface area contributed by atoms with Crippen LogP contribution in [0.5, 0.6) is 0 Å². The van der Waals surface area contributed by atoms with E-state index in [0.29, 0.717) is 6.10 Å². The molecule has 0 fully saturated rings. The second-order valence-corrected chi connectivity index (χ2v) is 5.34. The Kier molecular flexibility index (Phi) is 12.0. The lowest BCUT2D eigenvalue weighted by Gasteiger charge is -2.12. The molecule has 0 aliphatic rings. The van der Waals surface area contributed by atoms with E-state index < -0.39 is 0 Å². The van der Waals surface area contributed by atoms with E-state index in [1.807, 2.05) is 6.92 Å². The van der Waals surface area contributed by atoms with Gasteiger partial charge in [0.25, 0.3) is 0 Å². The standard InChI is InChI=1S/C16H32O/c1-5-6-7-8-9-10-11-12-13-16(4)17-14-15(2)3/h16H,2,5-14H2,1,3-4H3. The molecule has 0 heterocycles. The molecule has 17 heavy (non-hydrogen) atoms. The van der Waals surface area contributed by atoms with Crippen LogP contribution in [0.4, 0.5) is 0 Å². The summed E-state index contributed by atoms with van der Waals surface area (Å²) in [4.78, 5) is 0. The van der Waals surface area contributed by atoms with Crippen molar-refractivity contribution in [3.05, 3.63) is 12.2 Å². The number of ether oxygens (including phenoxy) is 1. The molecule has 0 aliphatic heterocycles. The SMILES string of the molecule is C=C(C)COC(C)CCCCCCCCCC. The third-order valence-corrected chi connectivity index (χ3v) is 3.08. The molecule has 1 atom stereocenters. The zero-order valence-corrected chi connectivity index (χ0v) is 12.3. The van der Waals surface area contributed by atoms with Crippen molar-refractivity contribution in [2.45, 2.75) is 84.7 Å². The van der Waals surface area contributed by atoms with Gasteiger partial charge in [-0.25, -0.2) is 0 Å². The van der Waals surface area contributed by atoms with Gasteiger partial charge in [0.05, 0.1) is 12.7 Å². The molecular weight excluding hydrogens is 208 g/mol. The van der Waals surface area contributed by atoms with Crippen molar-refractivity contribution in [3.8, 4) is 0 Å². The van der Waals surface area contributed by atoms with E-state index in [9.17, 15) is 0 Å². The molecule has 0 aromatic heterocycles. The average Bonchev–Trinajstić information content (AvgIpc) is 2.30. The molecule has 0 saturated carbocycles. The summed E-state index contributed by atoms with van der Waals surface area (Å²) in [6.07, 6.45) is 12.7. The highest BCUT2D eigenvalue weighted by Gasteiger charge is 2.01. The number of rotatable bonds is 12. The highest BCUT2D eigenvalue weighted by molar-refractivity contribution is 4.87. The maximum atomic E-state index is 5.66. The fourth-order valence-corrected chi connectivity index (χ4v) is 1.93. The van der Waals surface area contributed by atoms with Crippen LogP contribution in [0.3, 0.4) is 0 Å². The second kappa shape index (κ2) is 12.2. The van der Waals surface area contributed by atoms with Gasteiger partial charge in [0.2, 0.25) is 0 Å². The molecule has 0 rings (SSSR count). The highest BCUT2D eigenvalue weighted by atomic mass is 16.5.